The average Bonchev–Trinajstić information content (AvgIpc) is 3.19. The van der Waals surface area contributed by atoms with Gasteiger partial charge in [0.05, 0.1) is 18.9 Å². The van der Waals surface area contributed by atoms with Gasteiger partial charge in [-0.05, 0) is 44.2 Å². The third-order valence-electron chi connectivity index (χ3n) is 3.87. The van der Waals surface area contributed by atoms with E-state index in [0.29, 0.717) is 24.5 Å². The van der Waals surface area contributed by atoms with Gasteiger partial charge in [-0.2, -0.15) is 0 Å². The van der Waals surface area contributed by atoms with Crippen LogP contribution in [0.4, 0.5) is 0 Å². The molecule has 0 bridgehead atoms. The lowest BCUT2D eigenvalue weighted by Gasteiger charge is -2.11. The molecule has 3 aromatic rings. The molecule has 0 aliphatic carbocycles. The lowest BCUT2D eigenvalue weighted by Crippen LogP contribution is -2.29. The maximum Gasteiger partial charge on any atom is 0.265 e. The number of nitrogens with zero attached hydrogens (tertiary/aromatic N) is 1. The minimum absolute atomic E-state index is 0. The monoisotopic (exact) mass is 419 g/mol. The Hall–Kier alpha value is -2.61. The van der Waals surface area contributed by atoms with E-state index in [-0.39, 0.29) is 18.3 Å². The number of nitrogens with two attached hydrogens (primary N) is 1. The van der Waals surface area contributed by atoms with Gasteiger partial charge in [0.25, 0.3) is 5.91 Å². The van der Waals surface area contributed by atoms with E-state index in [1.807, 2.05) is 49.6 Å². The van der Waals surface area contributed by atoms with Crippen LogP contribution in [0.15, 0.2) is 47.8 Å². The highest BCUT2D eigenvalue weighted by molar-refractivity contribution is 7.13. The Morgan fingerprint density at radius 1 is 1.04 bits per heavy atom. The Bertz CT molecular complexity index is 929. The second-order valence-corrected chi connectivity index (χ2v) is 6.47. The van der Waals surface area contributed by atoms with Crippen molar-refractivity contribution >= 4 is 29.7 Å². The standard InChI is InChI=1S/C20H21N3O3S.ClH/c1-3-25-17-10-9-15(11-18(17)26-4-2)20-22-16(12-27-20)13-5-7-14(8-6-13)19(24)23-21;/h5-12H,3-4,21H2,1-2H3,(H,23,24);1H. The summed E-state index contributed by atoms with van der Waals surface area (Å²) in [6, 6.07) is 13.0. The molecule has 0 spiro atoms. The molecule has 0 saturated heterocycles. The summed E-state index contributed by atoms with van der Waals surface area (Å²) in [5, 5.41) is 2.88. The first-order valence-electron chi connectivity index (χ1n) is 8.63. The summed E-state index contributed by atoms with van der Waals surface area (Å²) in [6.45, 7) is 5.03. The van der Waals surface area contributed by atoms with Gasteiger partial charge >= 0.3 is 0 Å². The quantitative estimate of drug-likeness (QED) is 0.338. The Balaban J connectivity index is 0.00000280. The number of hydrogen-bond acceptors (Lipinski definition) is 6. The first kappa shape index (κ1) is 21.7. The predicted octanol–water partition coefficient (Wildman–Crippen LogP) is 4.30. The molecule has 1 amide bonds. The van der Waals surface area contributed by atoms with Crippen LogP contribution < -0.4 is 20.7 Å². The summed E-state index contributed by atoms with van der Waals surface area (Å²) in [6.07, 6.45) is 0. The van der Waals surface area contributed by atoms with Crippen LogP contribution in [0.1, 0.15) is 24.2 Å². The molecule has 3 N–H and O–H groups in total. The lowest BCUT2D eigenvalue weighted by molar-refractivity contribution is 0.0953. The molecule has 0 atom stereocenters. The molecule has 148 valence electrons. The third-order valence-corrected chi connectivity index (χ3v) is 4.76. The zero-order valence-electron chi connectivity index (χ0n) is 15.6. The van der Waals surface area contributed by atoms with Crippen molar-refractivity contribution in [2.24, 2.45) is 5.84 Å². The average molecular weight is 420 g/mol. The number of nitrogen functional groups attached to an aromatic ring is 1. The van der Waals surface area contributed by atoms with Crippen LogP contribution in [0.2, 0.25) is 0 Å². The minimum atomic E-state index is -0.321. The summed E-state index contributed by atoms with van der Waals surface area (Å²) in [5.74, 6) is 6.28. The normalized spacial score (nSPS) is 10.1. The van der Waals surface area contributed by atoms with Gasteiger partial charge in [-0.15, -0.1) is 23.7 Å². The van der Waals surface area contributed by atoms with Gasteiger partial charge in [-0.1, -0.05) is 12.1 Å². The molecule has 0 unspecified atom stereocenters. The molecular formula is C20H22ClN3O3S. The molecule has 0 radical (unpaired) electrons. The maximum atomic E-state index is 11.5. The molecular weight excluding hydrogens is 398 g/mol. The van der Waals surface area contributed by atoms with Crippen LogP contribution in [0.25, 0.3) is 21.8 Å². The highest BCUT2D eigenvalue weighted by Gasteiger charge is 2.12. The molecule has 1 heterocycles. The number of carbonyl (C=O) groups is 1. The molecule has 0 fully saturated rings. The fourth-order valence-corrected chi connectivity index (χ4v) is 3.42. The van der Waals surface area contributed by atoms with Gasteiger partial charge in [0, 0.05) is 22.1 Å². The summed E-state index contributed by atoms with van der Waals surface area (Å²) in [5.41, 5.74) is 5.38. The van der Waals surface area contributed by atoms with Gasteiger partial charge in [0.15, 0.2) is 11.5 Å². The van der Waals surface area contributed by atoms with Crippen LogP contribution in [0.5, 0.6) is 11.5 Å². The van der Waals surface area contributed by atoms with E-state index < -0.39 is 0 Å². The lowest BCUT2D eigenvalue weighted by atomic mass is 10.1. The fraction of sp³-hybridized carbons (Fsp3) is 0.200. The third kappa shape index (κ3) is 4.81. The van der Waals surface area contributed by atoms with Crippen LogP contribution >= 0.6 is 23.7 Å². The molecule has 0 saturated carbocycles. The van der Waals surface area contributed by atoms with E-state index in [9.17, 15) is 4.79 Å². The van der Waals surface area contributed by atoms with Crippen molar-refractivity contribution in [3.05, 3.63) is 53.4 Å². The van der Waals surface area contributed by atoms with E-state index in [4.69, 9.17) is 20.3 Å². The van der Waals surface area contributed by atoms with Gasteiger partial charge < -0.3 is 9.47 Å². The van der Waals surface area contributed by atoms with Gasteiger partial charge in [-0.3, -0.25) is 10.2 Å². The number of aromatic nitrogens is 1. The topological polar surface area (TPSA) is 86.5 Å². The zero-order chi connectivity index (χ0) is 19.2. The summed E-state index contributed by atoms with van der Waals surface area (Å²) in [7, 11) is 0. The number of nitrogens with one attached hydrogen (secondary N) is 1. The van der Waals surface area contributed by atoms with Crippen molar-refractivity contribution in [3.63, 3.8) is 0 Å². The molecule has 0 aliphatic rings. The summed E-state index contributed by atoms with van der Waals surface area (Å²) < 4.78 is 11.3. The molecule has 0 aliphatic heterocycles. The largest absolute Gasteiger partial charge is 0.490 e. The van der Waals surface area contributed by atoms with Crippen molar-refractivity contribution in [2.75, 3.05) is 13.2 Å². The van der Waals surface area contributed by atoms with Crippen molar-refractivity contribution in [2.45, 2.75) is 13.8 Å². The molecule has 1 aromatic heterocycles. The highest BCUT2D eigenvalue weighted by atomic mass is 35.5. The van der Waals surface area contributed by atoms with Crippen molar-refractivity contribution in [3.8, 4) is 33.3 Å². The maximum absolute atomic E-state index is 11.5. The van der Waals surface area contributed by atoms with E-state index in [1.54, 1.807) is 23.5 Å². The first-order valence-corrected chi connectivity index (χ1v) is 9.51. The second kappa shape index (κ2) is 10.1. The van der Waals surface area contributed by atoms with Crippen LogP contribution in [-0.4, -0.2) is 24.1 Å². The van der Waals surface area contributed by atoms with Crippen LogP contribution in [-0.2, 0) is 0 Å². The smallest absolute Gasteiger partial charge is 0.265 e. The Morgan fingerprint density at radius 2 is 1.68 bits per heavy atom. The Morgan fingerprint density at radius 3 is 2.32 bits per heavy atom. The van der Waals surface area contributed by atoms with E-state index in [0.717, 1.165) is 27.6 Å². The van der Waals surface area contributed by atoms with Crippen molar-refractivity contribution in [1.82, 2.24) is 10.4 Å². The van der Waals surface area contributed by atoms with E-state index in [1.165, 1.54) is 0 Å². The Labute approximate surface area is 174 Å². The van der Waals surface area contributed by atoms with E-state index >= 15 is 0 Å². The van der Waals surface area contributed by atoms with Crippen molar-refractivity contribution in [1.29, 1.82) is 0 Å². The number of hydrazine groups is 1. The number of thiazole rings is 1. The predicted molar refractivity (Wildman–Crippen MR) is 114 cm³/mol. The molecule has 8 heteroatoms. The first-order chi connectivity index (χ1) is 13.2. The number of amides is 1. The van der Waals surface area contributed by atoms with Crippen molar-refractivity contribution < 1.29 is 14.3 Å². The van der Waals surface area contributed by atoms with Gasteiger partial charge in [-0.25, -0.2) is 10.8 Å². The number of halogens is 1. The van der Waals surface area contributed by atoms with Gasteiger partial charge in [0.2, 0.25) is 0 Å². The molecule has 2 aromatic carbocycles. The van der Waals surface area contributed by atoms with Gasteiger partial charge in [0.1, 0.15) is 5.01 Å². The van der Waals surface area contributed by atoms with Crippen LogP contribution in [0, 0.1) is 0 Å². The summed E-state index contributed by atoms with van der Waals surface area (Å²) in [4.78, 5) is 16.3. The minimum Gasteiger partial charge on any atom is -0.490 e. The second-order valence-electron chi connectivity index (χ2n) is 5.62. The number of ether oxygens (including phenoxy) is 2. The summed E-state index contributed by atoms with van der Waals surface area (Å²) >= 11 is 1.55. The molecule has 3 rings (SSSR count). The van der Waals surface area contributed by atoms with E-state index in [2.05, 4.69) is 5.43 Å². The molecule has 6 nitrogen and oxygen atoms in total. The number of benzene rings is 2. The number of carbonyl (C=O) groups excluding carboxylic acids is 1. The number of hydrogen-bond donors (Lipinski definition) is 2. The number of rotatable bonds is 7. The Kier molecular flexibility index (Phi) is 7.80. The zero-order valence-corrected chi connectivity index (χ0v) is 17.2. The highest BCUT2D eigenvalue weighted by Crippen LogP contribution is 2.35. The fourth-order valence-electron chi connectivity index (χ4n) is 2.60. The van der Waals surface area contributed by atoms with Crippen LogP contribution in [0.3, 0.4) is 0 Å². The SMILES string of the molecule is CCOc1ccc(-c2nc(-c3ccc(C(=O)NN)cc3)cs2)cc1OCC.Cl. The molecule has 28 heavy (non-hydrogen) atoms.